The molecule has 0 spiro atoms. The molecule has 2 aromatic rings. The number of aromatic nitrogens is 2. The van der Waals surface area contributed by atoms with Gasteiger partial charge in [-0.1, -0.05) is 32.9 Å². The summed E-state index contributed by atoms with van der Waals surface area (Å²) in [6.45, 7) is 6.19. The Kier molecular flexibility index (Phi) is 4.33. The highest BCUT2D eigenvalue weighted by Crippen LogP contribution is 2.30. The van der Waals surface area contributed by atoms with Crippen molar-refractivity contribution < 1.29 is 18.3 Å². The van der Waals surface area contributed by atoms with Gasteiger partial charge in [-0.2, -0.15) is 13.2 Å². The number of halogens is 3. The van der Waals surface area contributed by atoms with Crippen LogP contribution in [0, 0.1) is 5.41 Å². The molecule has 6 heteroatoms. The number of hydrogen-bond donors (Lipinski definition) is 1. The van der Waals surface area contributed by atoms with Gasteiger partial charge in [0.1, 0.15) is 0 Å². The topological polar surface area (TPSA) is 38.0 Å². The van der Waals surface area contributed by atoms with E-state index in [9.17, 15) is 18.3 Å². The summed E-state index contributed by atoms with van der Waals surface area (Å²) >= 11 is 0. The van der Waals surface area contributed by atoms with E-state index in [1.54, 1.807) is 17.1 Å². The number of benzene rings is 1. The third-order valence-electron chi connectivity index (χ3n) is 3.52. The standard InChI is InChI=1S/C16H19F3N2O/c1-15(2,3)14(22)9-21-8-13(20-10-21)11-4-6-12(7-5-11)16(17,18)19/h4-8,10,14,22H,9H2,1-3H3/t14-/m1/s1. The molecule has 2 rings (SSSR count). The van der Waals surface area contributed by atoms with Gasteiger partial charge in [-0.3, -0.25) is 0 Å². The predicted octanol–water partition coefficient (Wildman–Crippen LogP) is 3.98. The second-order valence-electron chi connectivity index (χ2n) is 6.41. The first kappa shape index (κ1) is 16.5. The minimum Gasteiger partial charge on any atom is -0.391 e. The molecule has 3 nitrogen and oxygen atoms in total. The van der Waals surface area contributed by atoms with Crippen molar-refractivity contribution in [1.82, 2.24) is 9.55 Å². The van der Waals surface area contributed by atoms with Crippen molar-refractivity contribution in [3.63, 3.8) is 0 Å². The highest BCUT2D eigenvalue weighted by atomic mass is 19.4. The molecule has 0 amide bonds. The van der Waals surface area contributed by atoms with Gasteiger partial charge in [-0.25, -0.2) is 4.98 Å². The van der Waals surface area contributed by atoms with Crippen molar-refractivity contribution in [2.24, 2.45) is 5.41 Å². The fraction of sp³-hybridized carbons (Fsp3) is 0.438. The van der Waals surface area contributed by atoms with Crippen molar-refractivity contribution in [2.75, 3.05) is 0 Å². The predicted molar refractivity (Wildman–Crippen MR) is 78.1 cm³/mol. The van der Waals surface area contributed by atoms with Crippen LogP contribution in [0.15, 0.2) is 36.8 Å². The SMILES string of the molecule is CC(C)(C)[C@H](O)Cn1cnc(-c2ccc(C(F)(F)F)cc2)c1. The van der Waals surface area contributed by atoms with Gasteiger partial charge in [-0.15, -0.1) is 0 Å². The van der Waals surface area contributed by atoms with E-state index in [-0.39, 0.29) is 5.41 Å². The van der Waals surface area contributed by atoms with Crippen LogP contribution in [-0.4, -0.2) is 20.8 Å². The number of hydrogen-bond acceptors (Lipinski definition) is 2. The Balaban J connectivity index is 2.15. The number of rotatable bonds is 3. The Hall–Kier alpha value is -1.82. The second kappa shape index (κ2) is 5.76. The lowest BCUT2D eigenvalue weighted by Crippen LogP contribution is -2.30. The largest absolute Gasteiger partial charge is 0.416 e. The maximum absolute atomic E-state index is 12.5. The summed E-state index contributed by atoms with van der Waals surface area (Å²) in [5, 5.41) is 10.1. The van der Waals surface area contributed by atoms with E-state index in [0.29, 0.717) is 17.8 Å². The van der Waals surface area contributed by atoms with Crippen LogP contribution in [0.2, 0.25) is 0 Å². The molecule has 1 atom stereocenters. The zero-order valence-corrected chi connectivity index (χ0v) is 12.7. The summed E-state index contributed by atoms with van der Waals surface area (Å²) < 4.78 is 39.3. The van der Waals surface area contributed by atoms with E-state index >= 15 is 0 Å². The second-order valence-corrected chi connectivity index (χ2v) is 6.41. The summed E-state index contributed by atoms with van der Waals surface area (Å²) in [6, 6.07) is 4.88. The lowest BCUT2D eigenvalue weighted by atomic mass is 9.89. The van der Waals surface area contributed by atoms with Crippen LogP contribution in [0.1, 0.15) is 26.3 Å². The number of aliphatic hydroxyl groups excluding tert-OH is 1. The Morgan fingerprint density at radius 2 is 1.73 bits per heavy atom. The highest BCUT2D eigenvalue weighted by Gasteiger charge is 2.30. The van der Waals surface area contributed by atoms with Crippen LogP contribution in [0.4, 0.5) is 13.2 Å². The Labute approximate surface area is 127 Å². The number of nitrogens with zero attached hydrogens (tertiary/aromatic N) is 2. The number of alkyl halides is 3. The fourth-order valence-electron chi connectivity index (χ4n) is 1.91. The van der Waals surface area contributed by atoms with Gasteiger partial charge in [0.15, 0.2) is 0 Å². The van der Waals surface area contributed by atoms with Crippen molar-refractivity contribution in [1.29, 1.82) is 0 Å². The summed E-state index contributed by atoms with van der Waals surface area (Å²) in [4.78, 5) is 4.18. The van der Waals surface area contributed by atoms with Crippen molar-refractivity contribution in [2.45, 2.75) is 39.6 Å². The van der Waals surface area contributed by atoms with Crippen LogP contribution in [0.5, 0.6) is 0 Å². The zero-order valence-electron chi connectivity index (χ0n) is 12.7. The molecule has 120 valence electrons. The molecule has 0 radical (unpaired) electrons. The molecule has 1 heterocycles. The van der Waals surface area contributed by atoms with Crippen LogP contribution < -0.4 is 0 Å². The summed E-state index contributed by atoms with van der Waals surface area (Å²) in [5.74, 6) is 0. The van der Waals surface area contributed by atoms with Crippen LogP contribution in [0.3, 0.4) is 0 Å². The lowest BCUT2D eigenvalue weighted by Gasteiger charge is -2.25. The maximum Gasteiger partial charge on any atom is 0.416 e. The smallest absolute Gasteiger partial charge is 0.391 e. The van der Waals surface area contributed by atoms with Gasteiger partial charge in [0.2, 0.25) is 0 Å². The first-order valence-electron chi connectivity index (χ1n) is 6.95. The van der Waals surface area contributed by atoms with Gasteiger partial charge < -0.3 is 9.67 Å². The highest BCUT2D eigenvalue weighted by molar-refractivity contribution is 5.58. The minimum atomic E-state index is -4.34. The molecule has 22 heavy (non-hydrogen) atoms. The zero-order chi connectivity index (χ0) is 16.5. The monoisotopic (exact) mass is 312 g/mol. The summed E-state index contributed by atoms with van der Waals surface area (Å²) in [6.07, 6.45) is -1.59. The quantitative estimate of drug-likeness (QED) is 0.931. The molecule has 0 bridgehead atoms. The Bertz CT molecular complexity index is 624. The fourth-order valence-corrected chi connectivity index (χ4v) is 1.91. The molecule has 1 N–H and O–H groups in total. The molecule has 0 fully saturated rings. The van der Waals surface area contributed by atoms with Crippen LogP contribution in [-0.2, 0) is 12.7 Å². The summed E-state index contributed by atoms with van der Waals surface area (Å²) in [5.41, 5.74) is 0.254. The van der Waals surface area contributed by atoms with Gasteiger partial charge in [0.25, 0.3) is 0 Å². The van der Waals surface area contributed by atoms with E-state index < -0.39 is 17.8 Å². The summed E-state index contributed by atoms with van der Waals surface area (Å²) in [7, 11) is 0. The molecular weight excluding hydrogens is 293 g/mol. The molecular formula is C16H19F3N2O. The average molecular weight is 312 g/mol. The van der Waals surface area contributed by atoms with Gasteiger partial charge in [0, 0.05) is 11.8 Å². The van der Waals surface area contributed by atoms with Crippen molar-refractivity contribution in [3.8, 4) is 11.3 Å². The van der Waals surface area contributed by atoms with Crippen LogP contribution in [0.25, 0.3) is 11.3 Å². The first-order valence-corrected chi connectivity index (χ1v) is 6.95. The van der Waals surface area contributed by atoms with Crippen molar-refractivity contribution >= 4 is 0 Å². The maximum atomic E-state index is 12.5. The van der Waals surface area contributed by atoms with Crippen LogP contribution >= 0.6 is 0 Å². The molecule has 0 saturated carbocycles. The first-order chi connectivity index (χ1) is 10.1. The normalized spacial score (nSPS) is 14.1. The van der Waals surface area contributed by atoms with E-state index in [1.807, 2.05) is 20.8 Å². The van der Waals surface area contributed by atoms with Gasteiger partial charge in [-0.05, 0) is 17.5 Å². The third kappa shape index (κ3) is 3.88. The minimum absolute atomic E-state index is 0.251. The van der Waals surface area contributed by atoms with E-state index in [2.05, 4.69) is 4.98 Å². The number of imidazole rings is 1. The molecule has 1 aromatic carbocycles. The molecule has 0 unspecified atom stereocenters. The van der Waals surface area contributed by atoms with Gasteiger partial charge >= 0.3 is 6.18 Å². The Morgan fingerprint density at radius 1 is 1.14 bits per heavy atom. The van der Waals surface area contributed by atoms with Crippen molar-refractivity contribution in [3.05, 3.63) is 42.4 Å². The average Bonchev–Trinajstić information content (AvgIpc) is 2.85. The van der Waals surface area contributed by atoms with Gasteiger partial charge in [0.05, 0.1) is 30.2 Å². The Morgan fingerprint density at radius 3 is 2.23 bits per heavy atom. The number of aliphatic hydroxyl groups is 1. The molecule has 1 aromatic heterocycles. The lowest BCUT2D eigenvalue weighted by molar-refractivity contribution is -0.137. The molecule has 0 aliphatic heterocycles. The van der Waals surface area contributed by atoms with E-state index in [1.165, 1.54) is 12.1 Å². The molecule has 0 aliphatic rings. The molecule has 0 saturated heterocycles. The van der Waals surface area contributed by atoms with E-state index in [0.717, 1.165) is 12.1 Å². The molecule has 0 aliphatic carbocycles. The third-order valence-corrected chi connectivity index (χ3v) is 3.52. The van der Waals surface area contributed by atoms with E-state index in [4.69, 9.17) is 0 Å².